The summed E-state index contributed by atoms with van der Waals surface area (Å²) >= 11 is 1.40. The number of nitrogens with one attached hydrogen (secondary N) is 1. The maximum atomic E-state index is 13.3. The zero-order valence-corrected chi connectivity index (χ0v) is 21.1. The third kappa shape index (κ3) is 5.89. The fraction of sp³-hybridized carbons (Fsp3) is 0.360. The zero-order chi connectivity index (χ0) is 25.5. The van der Waals surface area contributed by atoms with Gasteiger partial charge >= 0.3 is 17.9 Å². The summed E-state index contributed by atoms with van der Waals surface area (Å²) in [4.78, 5) is 43.3. The molecule has 1 aromatic carbocycles. The minimum absolute atomic E-state index is 0.0147. The predicted octanol–water partition coefficient (Wildman–Crippen LogP) is 3.76. The Morgan fingerprint density at radius 3 is 2.20 bits per heavy atom. The second-order valence-electron chi connectivity index (χ2n) is 7.56. The molecule has 0 atom stereocenters. The van der Waals surface area contributed by atoms with Gasteiger partial charge in [-0.15, -0.1) is 11.3 Å². The number of carbonyl (C=O) groups is 3. The maximum Gasteiger partial charge on any atom is 0.337 e. The lowest BCUT2D eigenvalue weighted by atomic mass is 9.85. The average molecular weight is 501 g/mol. The van der Waals surface area contributed by atoms with E-state index in [1.54, 1.807) is 40.2 Å². The Bertz CT molecular complexity index is 1140. The van der Waals surface area contributed by atoms with E-state index in [9.17, 15) is 14.4 Å². The molecule has 0 aliphatic carbocycles. The van der Waals surface area contributed by atoms with Crippen molar-refractivity contribution < 1.29 is 33.3 Å². The number of benzene rings is 1. The molecule has 9 nitrogen and oxygen atoms in total. The largest absolute Gasteiger partial charge is 0.497 e. The van der Waals surface area contributed by atoms with Gasteiger partial charge in [-0.1, -0.05) is 12.1 Å². The van der Waals surface area contributed by atoms with Crippen LogP contribution in [0.25, 0.3) is 10.6 Å². The summed E-state index contributed by atoms with van der Waals surface area (Å²) < 4.78 is 21.1. The number of dihydropyridines is 1. The first-order chi connectivity index (χ1) is 16.8. The van der Waals surface area contributed by atoms with E-state index in [-0.39, 0.29) is 31.0 Å². The third-order valence-electron chi connectivity index (χ3n) is 5.22. The van der Waals surface area contributed by atoms with Gasteiger partial charge in [-0.25, -0.2) is 14.6 Å². The molecule has 1 aromatic heterocycles. The van der Waals surface area contributed by atoms with Crippen LogP contribution in [0.2, 0.25) is 0 Å². The van der Waals surface area contributed by atoms with Gasteiger partial charge in [0, 0.05) is 22.3 Å². The number of ether oxygens (including phenoxy) is 4. The van der Waals surface area contributed by atoms with Crippen molar-refractivity contribution in [2.75, 3.05) is 20.3 Å². The second kappa shape index (κ2) is 11.7. The van der Waals surface area contributed by atoms with Crippen LogP contribution in [0.1, 0.15) is 33.4 Å². The number of allylic oxidation sites excluding steroid dienone is 2. The lowest BCUT2D eigenvalue weighted by molar-refractivity contribution is -0.152. The molecule has 0 saturated heterocycles. The highest BCUT2D eigenvalue weighted by Gasteiger charge is 2.42. The first-order valence-corrected chi connectivity index (χ1v) is 12.0. The van der Waals surface area contributed by atoms with Gasteiger partial charge in [0.05, 0.1) is 37.2 Å². The molecule has 0 spiro atoms. The molecule has 186 valence electrons. The number of carbonyl (C=O) groups excluding carboxylic acids is 3. The highest BCUT2D eigenvalue weighted by atomic mass is 32.1. The second-order valence-corrected chi connectivity index (χ2v) is 8.42. The molecule has 0 bridgehead atoms. The standard InChI is InChI=1S/C25H28N2O7S/c1-6-32-23(28)19-14(3)26-15(4)20(24(29)33-7-2)21(19)25(30)34-12-17-13-35-22(27-17)16-9-8-10-18(11-16)31-5/h8-11,13,21,26H,6-7,12H2,1-5H3. The van der Waals surface area contributed by atoms with Crippen LogP contribution in [0.15, 0.2) is 52.2 Å². The van der Waals surface area contributed by atoms with E-state index in [2.05, 4.69) is 10.3 Å². The topological polar surface area (TPSA) is 113 Å². The molecule has 0 saturated carbocycles. The Labute approximate surface area is 207 Å². The van der Waals surface area contributed by atoms with Crippen LogP contribution >= 0.6 is 11.3 Å². The van der Waals surface area contributed by atoms with Crippen LogP contribution in [0.4, 0.5) is 0 Å². The number of hydrogen-bond acceptors (Lipinski definition) is 10. The van der Waals surface area contributed by atoms with E-state index in [0.29, 0.717) is 22.8 Å². The van der Waals surface area contributed by atoms with Gasteiger partial charge < -0.3 is 24.3 Å². The van der Waals surface area contributed by atoms with E-state index in [1.165, 1.54) is 11.3 Å². The average Bonchev–Trinajstić information content (AvgIpc) is 3.31. The molecule has 0 unspecified atom stereocenters. The van der Waals surface area contributed by atoms with E-state index in [0.717, 1.165) is 10.6 Å². The molecule has 1 aliphatic rings. The summed E-state index contributed by atoms with van der Waals surface area (Å²) in [5, 5.41) is 5.50. The van der Waals surface area contributed by atoms with E-state index < -0.39 is 23.8 Å². The van der Waals surface area contributed by atoms with Crippen LogP contribution in [0.3, 0.4) is 0 Å². The lowest BCUT2D eigenvalue weighted by Gasteiger charge is -2.28. The molecule has 3 rings (SSSR count). The SMILES string of the molecule is CCOC(=O)C1=C(C)NC(C)=C(C(=O)OCC)C1C(=O)OCc1csc(-c2cccc(OC)c2)n1. The summed E-state index contributed by atoms with van der Waals surface area (Å²) in [6, 6.07) is 7.47. The molecule has 0 radical (unpaired) electrons. The molecule has 1 aliphatic heterocycles. The molecular weight excluding hydrogens is 472 g/mol. The third-order valence-corrected chi connectivity index (χ3v) is 6.16. The summed E-state index contributed by atoms with van der Waals surface area (Å²) in [6.07, 6.45) is 0. The van der Waals surface area contributed by atoms with E-state index in [4.69, 9.17) is 18.9 Å². The molecule has 10 heteroatoms. The first-order valence-electron chi connectivity index (χ1n) is 11.1. The molecule has 0 amide bonds. The highest BCUT2D eigenvalue weighted by molar-refractivity contribution is 7.13. The molecule has 2 heterocycles. The molecule has 0 fully saturated rings. The van der Waals surface area contributed by atoms with Gasteiger partial charge in [0.2, 0.25) is 0 Å². The summed E-state index contributed by atoms with van der Waals surface area (Å²) in [6.45, 7) is 6.69. The van der Waals surface area contributed by atoms with Crippen LogP contribution in [0.5, 0.6) is 5.75 Å². The molecule has 2 aromatic rings. The number of hydrogen-bond donors (Lipinski definition) is 1. The fourth-order valence-corrected chi connectivity index (χ4v) is 4.48. The summed E-state index contributed by atoms with van der Waals surface area (Å²) in [5.74, 6) is -2.76. The summed E-state index contributed by atoms with van der Waals surface area (Å²) in [7, 11) is 1.59. The van der Waals surface area contributed by atoms with Crippen molar-refractivity contribution in [3.05, 3.63) is 57.9 Å². The van der Waals surface area contributed by atoms with Crippen molar-refractivity contribution in [1.29, 1.82) is 0 Å². The fourth-order valence-electron chi connectivity index (χ4n) is 3.68. The molecule has 35 heavy (non-hydrogen) atoms. The number of nitrogens with zero attached hydrogens (tertiary/aromatic N) is 1. The van der Waals surface area contributed by atoms with Crippen molar-refractivity contribution in [2.45, 2.75) is 34.3 Å². The molecular formula is C25H28N2O7S. The van der Waals surface area contributed by atoms with Gasteiger partial charge in [0.15, 0.2) is 0 Å². The minimum Gasteiger partial charge on any atom is -0.497 e. The van der Waals surface area contributed by atoms with Crippen molar-refractivity contribution in [3.63, 3.8) is 0 Å². The van der Waals surface area contributed by atoms with Gasteiger partial charge in [-0.05, 0) is 39.8 Å². The number of methoxy groups -OCH3 is 1. The van der Waals surface area contributed by atoms with Crippen LogP contribution < -0.4 is 10.1 Å². The summed E-state index contributed by atoms with van der Waals surface area (Å²) in [5.41, 5.74) is 2.25. The van der Waals surface area contributed by atoms with Gasteiger partial charge in [-0.3, -0.25) is 4.79 Å². The van der Waals surface area contributed by atoms with E-state index in [1.807, 2.05) is 24.3 Å². The number of rotatable bonds is 9. The Balaban J connectivity index is 1.85. The lowest BCUT2D eigenvalue weighted by Crippen LogP contribution is -2.38. The van der Waals surface area contributed by atoms with Gasteiger partial charge in [-0.2, -0.15) is 0 Å². The van der Waals surface area contributed by atoms with Gasteiger partial charge in [0.25, 0.3) is 0 Å². The normalized spacial score (nSPS) is 13.9. The van der Waals surface area contributed by atoms with Crippen molar-refractivity contribution in [1.82, 2.24) is 10.3 Å². The van der Waals surface area contributed by atoms with Crippen LogP contribution in [-0.2, 0) is 35.2 Å². The Morgan fingerprint density at radius 2 is 1.63 bits per heavy atom. The Hall–Kier alpha value is -3.66. The van der Waals surface area contributed by atoms with Crippen LogP contribution in [0, 0.1) is 5.92 Å². The highest BCUT2D eigenvalue weighted by Crippen LogP contribution is 2.33. The minimum atomic E-state index is -1.29. The van der Waals surface area contributed by atoms with Crippen molar-refractivity contribution in [3.8, 4) is 16.3 Å². The zero-order valence-electron chi connectivity index (χ0n) is 20.3. The Morgan fingerprint density at radius 1 is 1.00 bits per heavy atom. The molecule has 1 N–H and O–H groups in total. The van der Waals surface area contributed by atoms with Crippen molar-refractivity contribution >= 4 is 29.2 Å². The monoisotopic (exact) mass is 500 g/mol. The smallest absolute Gasteiger partial charge is 0.337 e. The van der Waals surface area contributed by atoms with E-state index >= 15 is 0 Å². The number of esters is 3. The Kier molecular flexibility index (Phi) is 8.64. The number of aromatic nitrogens is 1. The predicted molar refractivity (Wildman–Crippen MR) is 129 cm³/mol. The quantitative estimate of drug-likeness (QED) is 0.406. The number of thiazole rings is 1. The maximum absolute atomic E-state index is 13.3. The first kappa shape index (κ1) is 26.0. The van der Waals surface area contributed by atoms with Crippen LogP contribution in [-0.4, -0.2) is 43.2 Å². The van der Waals surface area contributed by atoms with Crippen molar-refractivity contribution in [2.24, 2.45) is 5.92 Å². The van der Waals surface area contributed by atoms with Gasteiger partial charge in [0.1, 0.15) is 23.3 Å².